The second-order valence-electron chi connectivity index (χ2n) is 3.07. The molecule has 2 rings (SSSR count). The predicted octanol–water partition coefficient (Wildman–Crippen LogP) is 4.25. The van der Waals surface area contributed by atoms with Crippen LogP contribution in [0.4, 0.5) is 5.69 Å². The second kappa shape index (κ2) is 4.06. The minimum Gasteiger partial charge on any atom is -0.387 e. The molecule has 0 saturated heterocycles. The van der Waals surface area contributed by atoms with E-state index in [1.165, 1.54) is 14.3 Å². The number of anilines is 1. The van der Waals surface area contributed by atoms with Crippen LogP contribution in [0.1, 0.15) is 0 Å². The zero-order valence-electron chi connectivity index (χ0n) is 7.64. The molecular weight excluding hydrogens is 353 g/mol. The summed E-state index contributed by atoms with van der Waals surface area (Å²) in [4.78, 5) is 0. The van der Waals surface area contributed by atoms with Crippen molar-refractivity contribution in [2.45, 2.75) is 0 Å². The summed E-state index contributed by atoms with van der Waals surface area (Å²) in [6.45, 7) is 0. The summed E-state index contributed by atoms with van der Waals surface area (Å²) in [6, 6.07) is 10.7. The van der Waals surface area contributed by atoms with Gasteiger partial charge in [0.15, 0.2) is 0 Å². The highest BCUT2D eigenvalue weighted by molar-refractivity contribution is 14.1. The van der Waals surface area contributed by atoms with Gasteiger partial charge >= 0.3 is 0 Å². The first-order chi connectivity index (χ1) is 6.70. The zero-order chi connectivity index (χ0) is 10.1. The number of fused-ring (bicyclic) bond motifs is 1. The fourth-order valence-corrected chi connectivity index (χ4v) is 2.51. The number of halogens is 2. The molecule has 0 aliphatic carbocycles. The number of benzene rings is 2. The van der Waals surface area contributed by atoms with Crippen molar-refractivity contribution in [1.29, 1.82) is 0 Å². The van der Waals surface area contributed by atoms with Crippen LogP contribution in [0.5, 0.6) is 0 Å². The van der Waals surface area contributed by atoms with Crippen molar-refractivity contribution in [2.24, 2.45) is 0 Å². The molecule has 0 aliphatic heterocycles. The average molecular weight is 362 g/mol. The van der Waals surface area contributed by atoms with Gasteiger partial charge in [-0.2, -0.15) is 0 Å². The van der Waals surface area contributed by atoms with Crippen molar-refractivity contribution in [3.8, 4) is 0 Å². The molecule has 0 bridgehead atoms. The van der Waals surface area contributed by atoms with Crippen LogP contribution in [0.2, 0.25) is 0 Å². The van der Waals surface area contributed by atoms with E-state index < -0.39 is 0 Å². The Labute approximate surface area is 105 Å². The molecule has 0 aromatic heterocycles. The van der Waals surface area contributed by atoms with Gasteiger partial charge in [-0.15, -0.1) is 0 Å². The normalized spacial score (nSPS) is 10.5. The SMILES string of the molecule is CNc1cc2ccc(I)cc2cc1Br. The molecule has 1 nitrogen and oxygen atoms in total. The van der Waals surface area contributed by atoms with Crippen molar-refractivity contribution < 1.29 is 0 Å². The van der Waals surface area contributed by atoms with Crippen LogP contribution < -0.4 is 5.32 Å². The largest absolute Gasteiger partial charge is 0.387 e. The van der Waals surface area contributed by atoms with Crippen molar-refractivity contribution in [3.05, 3.63) is 38.4 Å². The number of nitrogens with one attached hydrogen (secondary N) is 1. The minimum absolute atomic E-state index is 1.11. The maximum atomic E-state index is 3.54. The number of hydrogen-bond donors (Lipinski definition) is 1. The van der Waals surface area contributed by atoms with Crippen LogP contribution in [-0.4, -0.2) is 7.05 Å². The average Bonchev–Trinajstić information content (AvgIpc) is 2.16. The van der Waals surface area contributed by atoms with E-state index in [-0.39, 0.29) is 0 Å². The maximum absolute atomic E-state index is 3.54. The first-order valence-electron chi connectivity index (χ1n) is 4.27. The van der Waals surface area contributed by atoms with Gasteiger partial charge < -0.3 is 5.32 Å². The smallest absolute Gasteiger partial charge is 0.0488 e. The highest BCUT2D eigenvalue weighted by Crippen LogP contribution is 2.28. The summed E-state index contributed by atoms with van der Waals surface area (Å²) in [5.41, 5.74) is 1.12. The van der Waals surface area contributed by atoms with E-state index in [9.17, 15) is 0 Å². The fraction of sp³-hybridized carbons (Fsp3) is 0.0909. The van der Waals surface area contributed by atoms with Crippen LogP contribution in [0.3, 0.4) is 0 Å². The molecule has 72 valence electrons. The summed E-state index contributed by atoms with van der Waals surface area (Å²) >= 11 is 5.86. The molecule has 0 heterocycles. The first kappa shape index (κ1) is 10.2. The zero-order valence-corrected chi connectivity index (χ0v) is 11.4. The summed E-state index contributed by atoms with van der Waals surface area (Å²) in [7, 11) is 1.93. The topological polar surface area (TPSA) is 12.0 Å². The van der Waals surface area contributed by atoms with E-state index in [1.54, 1.807) is 0 Å². The van der Waals surface area contributed by atoms with Gasteiger partial charge in [-0.25, -0.2) is 0 Å². The lowest BCUT2D eigenvalue weighted by atomic mass is 10.1. The monoisotopic (exact) mass is 361 g/mol. The molecular formula is C11H9BrIN. The Morgan fingerprint density at radius 1 is 1.14 bits per heavy atom. The van der Waals surface area contributed by atoms with E-state index >= 15 is 0 Å². The quantitative estimate of drug-likeness (QED) is 0.749. The molecule has 3 heteroatoms. The summed E-state index contributed by atoms with van der Waals surface area (Å²) in [5.74, 6) is 0. The van der Waals surface area contributed by atoms with Crippen LogP contribution in [0.15, 0.2) is 34.8 Å². The lowest BCUT2D eigenvalue weighted by Gasteiger charge is -2.06. The Morgan fingerprint density at radius 2 is 1.93 bits per heavy atom. The van der Waals surface area contributed by atoms with Gasteiger partial charge in [-0.1, -0.05) is 6.07 Å². The van der Waals surface area contributed by atoms with Gasteiger partial charge in [0.05, 0.1) is 0 Å². The van der Waals surface area contributed by atoms with Crippen molar-refractivity contribution in [2.75, 3.05) is 12.4 Å². The Bertz CT molecular complexity index is 482. The third-order valence-electron chi connectivity index (χ3n) is 2.16. The Hall–Kier alpha value is -0.290. The number of rotatable bonds is 1. The third-order valence-corrected chi connectivity index (χ3v) is 3.48. The molecule has 0 radical (unpaired) electrons. The van der Waals surface area contributed by atoms with Gasteiger partial charge in [-0.3, -0.25) is 0 Å². The molecule has 2 aromatic rings. The second-order valence-corrected chi connectivity index (χ2v) is 5.17. The van der Waals surface area contributed by atoms with E-state index in [4.69, 9.17) is 0 Å². The molecule has 0 spiro atoms. The standard InChI is InChI=1S/C11H9BrIN/c1-14-11-6-7-2-3-9(13)4-8(7)5-10(11)12/h2-6,14H,1H3. The lowest BCUT2D eigenvalue weighted by molar-refractivity contribution is 1.51. The molecule has 0 atom stereocenters. The van der Waals surface area contributed by atoms with Gasteiger partial charge in [0.25, 0.3) is 0 Å². The molecule has 0 fully saturated rings. The maximum Gasteiger partial charge on any atom is 0.0488 e. The number of hydrogen-bond acceptors (Lipinski definition) is 1. The summed E-state index contributed by atoms with van der Waals surface area (Å²) < 4.78 is 2.37. The highest BCUT2D eigenvalue weighted by Gasteiger charge is 2.01. The highest BCUT2D eigenvalue weighted by atomic mass is 127. The lowest BCUT2D eigenvalue weighted by Crippen LogP contribution is -1.89. The summed E-state index contributed by atoms with van der Waals surface area (Å²) in [5, 5.41) is 5.68. The Morgan fingerprint density at radius 3 is 2.64 bits per heavy atom. The van der Waals surface area contributed by atoms with Crippen molar-refractivity contribution in [1.82, 2.24) is 0 Å². The molecule has 0 aliphatic rings. The molecule has 0 amide bonds. The first-order valence-corrected chi connectivity index (χ1v) is 6.14. The molecule has 14 heavy (non-hydrogen) atoms. The van der Waals surface area contributed by atoms with Crippen LogP contribution in [0.25, 0.3) is 10.8 Å². The third kappa shape index (κ3) is 1.88. The van der Waals surface area contributed by atoms with Crippen LogP contribution in [-0.2, 0) is 0 Å². The van der Waals surface area contributed by atoms with Crippen molar-refractivity contribution in [3.63, 3.8) is 0 Å². The molecule has 2 aromatic carbocycles. The minimum atomic E-state index is 1.11. The molecule has 0 saturated carbocycles. The van der Waals surface area contributed by atoms with E-state index in [0.29, 0.717) is 0 Å². The van der Waals surface area contributed by atoms with E-state index in [2.05, 4.69) is 74.2 Å². The fourth-order valence-electron chi connectivity index (χ4n) is 1.43. The van der Waals surface area contributed by atoms with E-state index in [0.717, 1.165) is 10.2 Å². The van der Waals surface area contributed by atoms with Gasteiger partial charge in [0.2, 0.25) is 0 Å². The van der Waals surface area contributed by atoms with E-state index in [1.807, 2.05) is 7.05 Å². The van der Waals surface area contributed by atoms with Crippen molar-refractivity contribution >= 4 is 55.0 Å². The molecule has 0 unspecified atom stereocenters. The predicted molar refractivity (Wildman–Crippen MR) is 73.9 cm³/mol. The van der Waals surface area contributed by atoms with Gasteiger partial charge in [0.1, 0.15) is 0 Å². The van der Waals surface area contributed by atoms with Gasteiger partial charge in [-0.05, 0) is 73.6 Å². The Kier molecular flexibility index (Phi) is 2.97. The van der Waals surface area contributed by atoms with Crippen LogP contribution in [0, 0.1) is 3.57 Å². The summed E-state index contributed by atoms with van der Waals surface area (Å²) in [6.07, 6.45) is 0. The molecule has 1 N–H and O–H groups in total. The van der Waals surface area contributed by atoms with Crippen LogP contribution >= 0.6 is 38.5 Å². The Balaban J connectivity index is 2.73. The van der Waals surface area contributed by atoms with Gasteiger partial charge in [0, 0.05) is 20.8 Å².